The molecule has 2 N–H and O–H groups in total. The monoisotopic (exact) mass is 137 g/mol. The van der Waals surface area contributed by atoms with E-state index in [-0.39, 0.29) is 6.04 Å². The Morgan fingerprint density at radius 1 is 1.80 bits per heavy atom. The molecule has 0 aromatic carbocycles. The molecule has 0 aliphatic heterocycles. The van der Waals surface area contributed by atoms with Crippen LogP contribution in [0.1, 0.15) is 23.9 Å². The lowest BCUT2D eigenvalue weighted by Gasteiger charge is -1.95. The van der Waals surface area contributed by atoms with Crippen molar-refractivity contribution in [3.8, 4) is 0 Å². The number of aromatic nitrogens is 2. The molecule has 2 rings (SSSR count). The quantitative estimate of drug-likeness (QED) is 0.561. The van der Waals surface area contributed by atoms with Gasteiger partial charge in [0, 0.05) is 18.8 Å². The van der Waals surface area contributed by atoms with Crippen LogP contribution in [0.25, 0.3) is 0 Å². The van der Waals surface area contributed by atoms with Gasteiger partial charge in [0.2, 0.25) is 0 Å². The lowest BCUT2D eigenvalue weighted by atomic mass is 10.3. The molecule has 10 heavy (non-hydrogen) atoms. The van der Waals surface area contributed by atoms with Gasteiger partial charge in [-0.15, -0.1) is 0 Å². The van der Waals surface area contributed by atoms with Gasteiger partial charge in [0.05, 0.1) is 12.0 Å². The van der Waals surface area contributed by atoms with Gasteiger partial charge in [-0.05, 0) is 12.8 Å². The van der Waals surface area contributed by atoms with Crippen molar-refractivity contribution in [2.75, 3.05) is 0 Å². The van der Waals surface area contributed by atoms with Gasteiger partial charge < -0.3 is 10.3 Å². The molecular formula is C7H11N3. The first-order valence-electron chi connectivity index (χ1n) is 3.54. The summed E-state index contributed by atoms with van der Waals surface area (Å²) in [5.74, 6) is 0. The summed E-state index contributed by atoms with van der Waals surface area (Å²) < 4.78 is 2.06. The molecule has 0 fully saturated rings. The summed E-state index contributed by atoms with van der Waals surface area (Å²) in [6.07, 6.45) is 3.99. The highest BCUT2D eigenvalue weighted by Crippen LogP contribution is 2.26. The molecule has 54 valence electrons. The minimum atomic E-state index is 0.191. The third kappa shape index (κ3) is 0.609. The predicted octanol–water partition coefficient (Wildman–Crippen LogP) is 0.366. The van der Waals surface area contributed by atoms with E-state index in [0.717, 1.165) is 18.5 Å². The maximum Gasteiger partial charge on any atom is 0.0949 e. The van der Waals surface area contributed by atoms with Crippen LogP contribution in [0, 0.1) is 0 Å². The molecule has 1 aliphatic carbocycles. The Morgan fingerprint density at radius 3 is 3.30 bits per heavy atom. The average molecular weight is 137 g/mol. The average Bonchev–Trinajstić information content (AvgIpc) is 2.41. The normalized spacial score (nSPS) is 23.2. The first-order valence-corrected chi connectivity index (χ1v) is 3.54. The van der Waals surface area contributed by atoms with Crippen molar-refractivity contribution >= 4 is 0 Å². The molecule has 0 saturated heterocycles. The van der Waals surface area contributed by atoms with Crippen LogP contribution in [0.2, 0.25) is 0 Å². The molecule has 1 heterocycles. The second-order valence-corrected chi connectivity index (χ2v) is 2.83. The number of fused-ring (bicyclic) bond motifs is 1. The fraction of sp³-hybridized carbons (Fsp3) is 0.571. The van der Waals surface area contributed by atoms with Gasteiger partial charge in [-0.1, -0.05) is 0 Å². The lowest BCUT2D eigenvalue weighted by Crippen LogP contribution is -2.05. The van der Waals surface area contributed by atoms with Crippen LogP contribution in [0.3, 0.4) is 0 Å². The summed E-state index contributed by atoms with van der Waals surface area (Å²) in [6.45, 7) is 0. The molecule has 0 saturated carbocycles. The van der Waals surface area contributed by atoms with Crippen molar-refractivity contribution in [3.63, 3.8) is 0 Å². The van der Waals surface area contributed by atoms with Gasteiger partial charge in [-0.25, -0.2) is 4.98 Å². The van der Waals surface area contributed by atoms with E-state index in [4.69, 9.17) is 5.73 Å². The number of imidazole rings is 1. The molecular weight excluding hydrogens is 126 g/mol. The van der Waals surface area contributed by atoms with Gasteiger partial charge >= 0.3 is 0 Å². The van der Waals surface area contributed by atoms with Gasteiger partial charge in [-0.3, -0.25) is 0 Å². The Morgan fingerprint density at radius 2 is 2.60 bits per heavy atom. The van der Waals surface area contributed by atoms with Crippen LogP contribution in [0.15, 0.2) is 6.33 Å². The summed E-state index contributed by atoms with van der Waals surface area (Å²) >= 11 is 0. The van der Waals surface area contributed by atoms with E-state index >= 15 is 0 Å². The highest BCUT2D eigenvalue weighted by molar-refractivity contribution is 5.22. The summed E-state index contributed by atoms with van der Waals surface area (Å²) in [7, 11) is 2.02. The Labute approximate surface area is 59.9 Å². The summed E-state index contributed by atoms with van der Waals surface area (Å²) in [6, 6.07) is 0.191. The molecule has 1 atom stereocenters. The van der Waals surface area contributed by atoms with Crippen LogP contribution in [0.5, 0.6) is 0 Å². The molecule has 0 spiro atoms. The topological polar surface area (TPSA) is 43.8 Å². The van der Waals surface area contributed by atoms with Crippen molar-refractivity contribution in [2.24, 2.45) is 12.8 Å². The highest BCUT2D eigenvalue weighted by atomic mass is 15.1. The Balaban J connectivity index is 2.53. The van der Waals surface area contributed by atoms with Crippen molar-refractivity contribution in [2.45, 2.75) is 18.9 Å². The zero-order valence-corrected chi connectivity index (χ0v) is 6.04. The van der Waals surface area contributed by atoms with Gasteiger partial charge in [0.15, 0.2) is 0 Å². The number of rotatable bonds is 0. The number of nitrogens with zero attached hydrogens (tertiary/aromatic N) is 2. The van der Waals surface area contributed by atoms with Crippen LogP contribution < -0.4 is 5.73 Å². The fourth-order valence-electron chi connectivity index (χ4n) is 1.52. The summed E-state index contributed by atoms with van der Waals surface area (Å²) in [5, 5.41) is 0. The van der Waals surface area contributed by atoms with E-state index in [1.165, 1.54) is 5.69 Å². The second-order valence-electron chi connectivity index (χ2n) is 2.83. The molecule has 3 nitrogen and oxygen atoms in total. The molecule has 1 aromatic rings. The zero-order chi connectivity index (χ0) is 7.14. The zero-order valence-electron chi connectivity index (χ0n) is 6.04. The third-order valence-corrected chi connectivity index (χ3v) is 2.13. The molecule has 0 radical (unpaired) electrons. The Kier molecular flexibility index (Phi) is 1.08. The van der Waals surface area contributed by atoms with Crippen molar-refractivity contribution in [3.05, 3.63) is 17.7 Å². The molecule has 0 amide bonds. The van der Waals surface area contributed by atoms with Crippen molar-refractivity contribution in [1.29, 1.82) is 0 Å². The Hall–Kier alpha value is -0.830. The molecule has 1 unspecified atom stereocenters. The van der Waals surface area contributed by atoms with Gasteiger partial charge in [0.25, 0.3) is 0 Å². The number of hydrogen-bond acceptors (Lipinski definition) is 2. The highest BCUT2D eigenvalue weighted by Gasteiger charge is 2.22. The van der Waals surface area contributed by atoms with Crippen LogP contribution >= 0.6 is 0 Å². The predicted molar refractivity (Wildman–Crippen MR) is 38.5 cm³/mol. The largest absolute Gasteiger partial charge is 0.337 e. The lowest BCUT2D eigenvalue weighted by molar-refractivity contribution is 0.684. The number of hydrogen-bond donors (Lipinski definition) is 1. The maximum atomic E-state index is 5.78. The smallest absolute Gasteiger partial charge is 0.0949 e. The van der Waals surface area contributed by atoms with Crippen molar-refractivity contribution < 1.29 is 0 Å². The van der Waals surface area contributed by atoms with Crippen molar-refractivity contribution in [1.82, 2.24) is 9.55 Å². The van der Waals surface area contributed by atoms with E-state index in [1.807, 2.05) is 13.4 Å². The Bertz CT molecular complexity index is 251. The first-order chi connectivity index (χ1) is 4.79. The SMILES string of the molecule is Cn1cnc2c1CCC2N. The molecule has 1 aromatic heterocycles. The summed E-state index contributed by atoms with van der Waals surface area (Å²) in [4.78, 5) is 4.22. The minimum Gasteiger partial charge on any atom is -0.337 e. The fourth-order valence-corrected chi connectivity index (χ4v) is 1.52. The maximum absolute atomic E-state index is 5.78. The number of nitrogens with two attached hydrogens (primary N) is 1. The third-order valence-electron chi connectivity index (χ3n) is 2.13. The second kappa shape index (κ2) is 1.83. The van der Waals surface area contributed by atoms with E-state index in [9.17, 15) is 0 Å². The molecule has 3 heteroatoms. The van der Waals surface area contributed by atoms with E-state index < -0.39 is 0 Å². The number of aryl methyl sites for hydroxylation is 1. The van der Waals surface area contributed by atoms with E-state index in [2.05, 4.69) is 9.55 Å². The summed E-state index contributed by atoms with van der Waals surface area (Å²) in [5.41, 5.74) is 8.20. The van der Waals surface area contributed by atoms with Crippen LogP contribution in [-0.4, -0.2) is 9.55 Å². The van der Waals surface area contributed by atoms with Gasteiger partial charge in [-0.2, -0.15) is 0 Å². The van der Waals surface area contributed by atoms with Crippen LogP contribution in [0.4, 0.5) is 0 Å². The van der Waals surface area contributed by atoms with E-state index in [1.54, 1.807) is 0 Å². The standard InChI is InChI=1S/C7H11N3/c1-10-4-9-7-5(8)2-3-6(7)10/h4-5H,2-3,8H2,1H3. The first kappa shape index (κ1) is 5.92. The molecule has 1 aliphatic rings. The minimum absolute atomic E-state index is 0.191. The molecule has 0 bridgehead atoms. The van der Waals surface area contributed by atoms with E-state index in [0.29, 0.717) is 0 Å². The van der Waals surface area contributed by atoms with Crippen LogP contribution in [-0.2, 0) is 13.5 Å². The van der Waals surface area contributed by atoms with Gasteiger partial charge in [0.1, 0.15) is 0 Å².